The first kappa shape index (κ1) is 20.7. The predicted molar refractivity (Wildman–Crippen MR) is 80.7 cm³/mol. The topological polar surface area (TPSA) is 40.1 Å². The third-order valence-electron chi connectivity index (χ3n) is 3.26. The van der Waals surface area contributed by atoms with Gasteiger partial charge in [-0.3, -0.25) is 0 Å². The second-order valence-electron chi connectivity index (χ2n) is 5.71. The minimum atomic E-state index is -0.991. The summed E-state index contributed by atoms with van der Waals surface area (Å²) in [7, 11) is 0. The van der Waals surface area contributed by atoms with Crippen LogP contribution in [0.15, 0.2) is 0 Å². The first-order valence-electron chi connectivity index (χ1n) is 7.94. The van der Waals surface area contributed by atoms with Crippen molar-refractivity contribution in [2.75, 3.05) is 26.2 Å². The van der Waals surface area contributed by atoms with Gasteiger partial charge in [0.05, 0.1) is 26.2 Å². The zero-order valence-corrected chi connectivity index (χ0v) is 14.0. The van der Waals surface area contributed by atoms with Gasteiger partial charge >= 0.3 is 0 Å². The summed E-state index contributed by atoms with van der Waals surface area (Å²) in [6, 6.07) is 0. The van der Waals surface area contributed by atoms with Crippen LogP contribution in [0.1, 0.15) is 67.2 Å². The molecule has 0 bridgehead atoms. The van der Waals surface area contributed by atoms with Crippen LogP contribution >= 0.6 is 0 Å². The van der Waals surface area contributed by atoms with Crippen molar-refractivity contribution >= 4 is 5.97 Å². The van der Waals surface area contributed by atoms with Crippen LogP contribution in [0.3, 0.4) is 0 Å². The molecular formula is C16H35NO2. The molecule has 0 aromatic rings. The van der Waals surface area contributed by atoms with E-state index in [4.69, 9.17) is 0 Å². The monoisotopic (exact) mass is 273 g/mol. The SMILES string of the molecule is CC(C)C(=O)[O-].CCC[N+](CCC)(CCC)CCC. The van der Waals surface area contributed by atoms with Crippen LogP contribution in [0, 0.1) is 5.92 Å². The number of nitrogens with zero attached hydrogens (tertiary/aromatic N) is 1. The smallest absolute Gasteiger partial charge is 0.0783 e. The van der Waals surface area contributed by atoms with E-state index in [1.165, 1.54) is 56.3 Å². The average Bonchev–Trinajstić information content (AvgIpc) is 2.31. The summed E-state index contributed by atoms with van der Waals surface area (Å²) < 4.78 is 1.38. The molecule has 0 amide bonds. The highest BCUT2D eigenvalue weighted by Gasteiger charge is 2.22. The summed E-state index contributed by atoms with van der Waals surface area (Å²) >= 11 is 0. The quantitative estimate of drug-likeness (QED) is 0.606. The molecule has 0 rings (SSSR count). The summed E-state index contributed by atoms with van der Waals surface area (Å²) in [5.74, 6) is -1.33. The van der Waals surface area contributed by atoms with E-state index < -0.39 is 5.97 Å². The molecular weight excluding hydrogens is 238 g/mol. The van der Waals surface area contributed by atoms with Gasteiger partial charge in [-0.15, -0.1) is 0 Å². The van der Waals surface area contributed by atoms with Crippen molar-refractivity contribution in [2.24, 2.45) is 5.92 Å². The fourth-order valence-electron chi connectivity index (χ4n) is 2.57. The lowest BCUT2D eigenvalue weighted by atomic mass is 10.2. The number of carboxylic acid groups (broad SMARTS) is 1. The highest BCUT2D eigenvalue weighted by atomic mass is 16.4. The van der Waals surface area contributed by atoms with E-state index in [2.05, 4.69) is 27.7 Å². The number of hydrogen-bond acceptors (Lipinski definition) is 2. The highest BCUT2D eigenvalue weighted by molar-refractivity contribution is 5.66. The number of hydrogen-bond donors (Lipinski definition) is 0. The standard InChI is InChI=1S/C12H28N.C4H8O2/c1-5-9-13(10-6-2,11-7-3)12-8-4;1-3(2)4(5)6/h5-12H2,1-4H3;3H,1-2H3,(H,5,6)/q+1;/p-1. The molecule has 0 aromatic carbocycles. The average molecular weight is 273 g/mol. The molecule has 0 radical (unpaired) electrons. The Morgan fingerprint density at radius 1 is 0.842 bits per heavy atom. The zero-order chi connectivity index (χ0) is 15.3. The Morgan fingerprint density at radius 2 is 1.05 bits per heavy atom. The van der Waals surface area contributed by atoms with Crippen LogP contribution in [-0.4, -0.2) is 36.6 Å². The number of carbonyl (C=O) groups is 1. The zero-order valence-electron chi connectivity index (χ0n) is 14.0. The summed E-state index contributed by atoms with van der Waals surface area (Å²) in [4.78, 5) is 9.59. The molecule has 0 heterocycles. The van der Waals surface area contributed by atoms with E-state index in [1.54, 1.807) is 13.8 Å². The Bertz CT molecular complexity index is 185. The number of carboxylic acids is 1. The second kappa shape index (κ2) is 12.5. The van der Waals surface area contributed by atoms with Crippen LogP contribution in [0.2, 0.25) is 0 Å². The maximum atomic E-state index is 9.59. The molecule has 3 heteroatoms. The maximum Gasteiger partial charge on any atom is 0.0783 e. The van der Waals surface area contributed by atoms with Crippen molar-refractivity contribution in [1.82, 2.24) is 0 Å². The normalized spacial score (nSPS) is 11.1. The highest BCUT2D eigenvalue weighted by Crippen LogP contribution is 2.12. The Kier molecular flexibility index (Phi) is 13.6. The lowest BCUT2D eigenvalue weighted by molar-refractivity contribution is -0.928. The van der Waals surface area contributed by atoms with Gasteiger partial charge in [0, 0.05) is 5.97 Å². The van der Waals surface area contributed by atoms with E-state index in [0.717, 1.165) is 0 Å². The van der Waals surface area contributed by atoms with Gasteiger partial charge in [0.2, 0.25) is 0 Å². The molecule has 3 nitrogen and oxygen atoms in total. The number of quaternary nitrogens is 1. The van der Waals surface area contributed by atoms with Gasteiger partial charge < -0.3 is 14.4 Å². The summed E-state index contributed by atoms with van der Waals surface area (Å²) in [5, 5.41) is 9.59. The molecule has 0 atom stereocenters. The third kappa shape index (κ3) is 11.0. The van der Waals surface area contributed by atoms with E-state index in [9.17, 15) is 9.90 Å². The van der Waals surface area contributed by atoms with Crippen molar-refractivity contribution in [3.8, 4) is 0 Å². The summed E-state index contributed by atoms with van der Waals surface area (Å²) in [6.07, 6.45) is 5.33. The van der Waals surface area contributed by atoms with Crippen molar-refractivity contribution < 1.29 is 14.4 Å². The minimum Gasteiger partial charge on any atom is -0.550 e. The Hall–Kier alpha value is -0.570. The molecule has 0 aliphatic carbocycles. The Morgan fingerprint density at radius 3 is 1.16 bits per heavy atom. The van der Waals surface area contributed by atoms with Crippen LogP contribution < -0.4 is 5.11 Å². The molecule has 0 aromatic heterocycles. The van der Waals surface area contributed by atoms with Gasteiger partial charge in [-0.2, -0.15) is 0 Å². The van der Waals surface area contributed by atoms with Gasteiger partial charge in [0.15, 0.2) is 0 Å². The molecule has 0 fully saturated rings. The molecule has 116 valence electrons. The summed E-state index contributed by atoms with van der Waals surface area (Å²) in [5.41, 5.74) is 0. The minimum absolute atomic E-state index is 0.343. The molecule has 0 saturated carbocycles. The first-order valence-corrected chi connectivity index (χ1v) is 7.94. The largest absolute Gasteiger partial charge is 0.550 e. The lowest BCUT2D eigenvalue weighted by Gasteiger charge is -2.38. The number of carbonyl (C=O) groups excluding carboxylic acids is 1. The predicted octanol–water partition coefficient (Wildman–Crippen LogP) is 2.84. The van der Waals surface area contributed by atoms with Crippen molar-refractivity contribution in [2.45, 2.75) is 67.2 Å². The van der Waals surface area contributed by atoms with E-state index in [-0.39, 0.29) is 5.92 Å². The number of aliphatic carboxylic acids is 1. The van der Waals surface area contributed by atoms with E-state index >= 15 is 0 Å². The summed E-state index contributed by atoms with van der Waals surface area (Å²) in [6.45, 7) is 17.9. The van der Waals surface area contributed by atoms with Crippen molar-refractivity contribution in [3.05, 3.63) is 0 Å². The van der Waals surface area contributed by atoms with E-state index in [1.807, 2.05) is 0 Å². The van der Waals surface area contributed by atoms with Gasteiger partial charge in [-0.25, -0.2) is 0 Å². The molecule has 0 aliphatic rings. The molecule has 0 aliphatic heterocycles. The molecule has 19 heavy (non-hydrogen) atoms. The fraction of sp³-hybridized carbons (Fsp3) is 0.938. The van der Waals surface area contributed by atoms with Gasteiger partial charge in [0.25, 0.3) is 0 Å². The van der Waals surface area contributed by atoms with Crippen molar-refractivity contribution in [3.63, 3.8) is 0 Å². The van der Waals surface area contributed by atoms with Crippen LogP contribution in [0.4, 0.5) is 0 Å². The third-order valence-corrected chi connectivity index (χ3v) is 3.26. The van der Waals surface area contributed by atoms with E-state index in [0.29, 0.717) is 0 Å². The van der Waals surface area contributed by atoms with Crippen molar-refractivity contribution in [1.29, 1.82) is 0 Å². The lowest BCUT2D eigenvalue weighted by Crippen LogP contribution is -2.50. The first-order chi connectivity index (χ1) is 8.89. The van der Waals surface area contributed by atoms with Crippen LogP contribution in [0.5, 0.6) is 0 Å². The van der Waals surface area contributed by atoms with Gasteiger partial charge in [-0.1, -0.05) is 41.5 Å². The Balaban J connectivity index is 0. The van der Waals surface area contributed by atoms with Crippen LogP contribution in [-0.2, 0) is 4.79 Å². The fourth-order valence-corrected chi connectivity index (χ4v) is 2.57. The molecule has 0 spiro atoms. The number of rotatable bonds is 9. The second-order valence-corrected chi connectivity index (χ2v) is 5.71. The van der Waals surface area contributed by atoms with Gasteiger partial charge in [-0.05, 0) is 31.6 Å². The van der Waals surface area contributed by atoms with Crippen LogP contribution in [0.25, 0.3) is 0 Å². The molecule has 0 N–H and O–H groups in total. The molecule has 0 unspecified atom stereocenters. The molecule has 0 saturated heterocycles. The van der Waals surface area contributed by atoms with Gasteiger partial charge in [0.1, 0.15) is 0 Å². The Labute approximate surface area is 120 Å². The maximum absolute atomic E-state index is 9.59.